The molecule has 58 heavy (non-hydrogen) atoms. The maximum Gasteiger partial charge on any atom is 0.165 e. The van der Waals surface area contributed by atoms with Gasteiger partial charge in [-0.2, -0.15) is 0 Å². The van der Waals surface area contributed by atoms with Crippen molar-refractivity contribution in [2.75, 3.05) is 0 Å². The minimum atomic E-state index is 0.281. The van der Waals surface area contributed by atoms with Crippen LogP contribution in [0.3, 0.4) is 0 Å². The Morgan fingerprint density at radius 1 is 0.707 bits per heavy atom. The summed E-state index contributed by atoms with van der Waals surface area (Å²) in [5, 5.41) is 4.16. The minimum absolute atomic E-state index is 0.281. The number of benzene rings is 5. The number of aryl methyl sites for hydroxylation is 1. The van der Waals surface area contributed by atoms with Gasteiger partial charge in [0.05, 0.1) is 0 Å². The first-order valence-corrected chi connectivity index (χ1v) is 20.1. The van der Waals surface area contributed by atoms with Gasteiger partial charge < -0.3 is 8.83 Å². The van der Waals surface area contributed by atoms with Crippen LogP contribution in [0.5, 0.6) is 0 Å². The Morgan fingerprint density at radius 2 is 1.45 bits per heavy atom. The van der Waals surface area contributed by atoms with Crippen molar-refractivity contribution in [1.82, 2.24) is 15.0 Å². The SMILES string of the molecule is C=CC1=C(/C=C\Cc2ccc3oc4ccccc4c3c2-c2nc(-c3ccc4c(c3)CCC=C4)nc(-c3ccc4c(c3)oc3ccccc34)n2)C=CCC1/C=C\C=C/C. The van der Waals surface area contributed by atoms with Gasteiger partial charge in [-0.15, -0.1) is 0 Å². The highest BCUT2D eigenvalue weighted by molar-refractivity contribution is 6.12. The molecule has 280 valence electrons. The first-order chi connectivity index (χ1) is 28.6. The predicted molar refractivity (Wildman–Crippen MR) is 239 cm³/mol. The smallest absolute Gasteiger partial charge is 0.165 e. The van der Waals surface area contributed by atoms with E-state index in [0.717, 1.165) is 85.4 Å². The maximum atomic E-state index is 6.47. The largest absolute Gasteiger partial charge is 0.456 e. The number of furan rings is 2. The Labute approximate surface area is 337 Å². The summed E-state index contributed by atoms with van der Waals surface area (Å²) in [5.41, 5.74) is 12.0. The summed E-state index contributed by atoms with van der Waals surface area (Å²) >= 11 is 0. The zero-order valence-electron chi connectivity index (χ0n) is 32.4. The van der Waals surface area contributed by atoms with Gasteiger partial charge in [-0.1, -0.05) is 134 Å². The zero-order chi connectivity index (χ0) is 39.0. The molecule has 0 radical (unpaired) electrons. The Bertz CT molecular complexity index is 3110. The van der Waals surface area contributed by atoms with Crippen LogP contribution in [0.25, 0.3) is 84.1 Å². The molecule has 2 aliphatic rings. The van der Waals surface area contributed by atoms with E-state index in [1.807, 2.05) is 49.4 Å². The molecule has 0 aliphatic heterocycles. The molecule has 5 heteroatoms. The molecule has 0 N–H and O–H groups in total. The maximum absolute atomic E-state index is 6.47. The van der Waals surface area contributed by atoms with E-state index in [1.165, 1.54) is 22.3 Å². The lowest BCUT2D eigenvalue weighted by Crippen LogP contribution is -2.04. The molecule has 0 saturated heterocycles. The number of hydrogen-bond acceptors (Lipinski definition) is 5. The monoisotopic (exact) mass is 751 g/mol. The Balaban J connectivity index is 1.16. The lowest BCUT2D eigenvalue weighted by molar-refractivity contribution is 0.668. The molecular formula is C53H41N3O2. The van der Waals surface area contributed by atoms with E-state index in [2.05, 4.69) is 128 Å². The third-order valence-electron chi connectivity index (χ3n) is 11.3. The average Bonchev–Trinajstić information content (AvgIpc) is 3.84. The summed E-state index contributed by atoms with van der Waals surface area (Å²) in [6.45, 7) is 6.22. The third kappa shape index (κ3) is 6.45. The van der Waals surface area contributed by atoms with Gasteiger partial charge in [0.2, 0.25) is 0 Å². The van der Waals surface area contributed by atoms with Gasteiger partial charge in [-0.3, -0.25) is 0 Å². The lowest BCUT2D eigenvalue weighted by atomic mass is 9.86. The van der Waals surface area contributed by atoms with Crippen molar-refractivity contribution in [2.24, 2.45) is 5.92 Å². The molecule has 3 heterocycles. The second-order valence-electron chi connectivity index (χ2n) is 14.9. The highest BCUT2D eigenvalue weighted by Crippen LogP contribution is 2.40. The molecular weight excluding hydrogens is 711 g/mol. The Kier molecular flexibility index (Phi) is 9.19. The first kappa shape index (κ1) is 35.3. The molecule has 8 aromatic rings. The minimum Gasteiger partial charge on any atom is -0.456 e. The van der Waals surface area contributed by atoms with Crippen LogP contribution in [-0.4, -0.2) is 15.0 Å². The highest BCUT2D eigenvalue weighted by Gasteiger charge is 2.22. The number of fused-ring (bicyclic) bond motifs is 7. The fourth-order valence-electron chi connectivity index (χ4n) is 8.47. The molecule has 0 amide bonds. The molecule has 10 rings (SSSR count). The van der Waals surface area contributed by atoms with E-state index < -0.39 is 0 Å². The van der Waals surface area contributed by atoms with Gasteiger partial charge in [0.25, 0.3) is 0 Å². The van der Waals surface area contributed by atoms with Gasteiger partial charge in [0.15, 0.2) is 17.5 Å². The molecule has 0 spiro atoms. The fourth-order valence-corrected chi connectivity index (χ4v) is 8.47. The normalized spacial score (nSPS) is 15.7. The van der Waals surface area contributed by atoms with Crippen LogP contribution in [0.1, 0.15) is 36.5 Å². The van der Waals surface area contributed by atoms with Crippen molar-refractivity contribution in [2.45, 2.75) is 32.6 Å². The van der Waals surface area contributed by atoms with Crippen molar-refractivity contribution >= 4 is 50.0 Å². The standard InChI is InChI=1S/C53H41N3O2/c1-3-5-6-16-35-18-13-19-36(41(35)4-2)20-14-21-37-29-31-47-50(44-23-10-12-25-46(44)57-47)49(37)53-55-51(39-27-26-34-15-7-8-17-38(34)32-39)54-52(56-53)40-28-30-43-42-22-9-11-24-45(42)58-48(43)33-40/h3-7,9-16,19-20,22-33,35H,2,8,17-18,21H2,1H3/b5-3-,16-6-,20-14-. The summed E-state index contributed by atoms with van der Waals surface area (Å²) in [7, 11) is 0. The van der Waals surface area contributed by atoms with Gasteiger partial charge in [0.1, 0.15) is 22.3 Å². The van der Waals surface area contributed by atoms with Crippen molar-refractivity contribution in [3.63, 3.8) is 0 Å². The molecule has 0 saturated carbocycles. The second kappa shape index (κ2) is 15.1. The second-order valence-corrected chi connectivity index (χ2v) is 14.9. The van der Waals surface area contributed by atoms with Crippen LogP contribution in [0, 0.1) is 5.92 Å². The van der Waals surface area contributed by atoms with Crippen molar-refractivity contribution < 1.29 is 8.83 Å². The van der Waals surface area contributed by atoms with Crippen molar-refractivity contribution in [3.8, 4) is 34.2 Å². The average molecular weight is 752 g/mol. The number of aromatic nitrogens is 3. The quantitative estimate of drug-likeness (QED) is 0.137. The molecule has 5 nitrogen and oxygen atoms in total. The van der Waals surface area contributed by atoms with E-state index in [4.69, 9.17) is 23.8 Å². The Hall–Kier alpha value is -7.11. The molecule has 0 fully saturated rings. The van der Waals surface area contributed by atoms with Gasteiger partial charge in [0, 0.05) is 44.2 Å². The summed E-state index contributed by atoms with van der Waals surface area (Å²) < 4.78 is 12.8. The predicted octanol–water partition coefficient (Wildman–Crippen LogP) is 13.9. The fraction of sp³-hybridized carbons (Fsp3) is 0.113. The van der Waals surface area contributed by atoms with Crippen LogP contribution >= 0.6 is 0 Å². The number of nitrogens with zero attached hydrogens (tertiary/aromatic N) is 3. The first-order valence-electron chi connectivity index (χ1n) is 20.1. The summed E-state index contributed by atoms with van der Waals surface area (Å²) in [6.07, 6.45) is 27.5. The molecule has 1 unspecified atom stereocenters. The van der Waals surface area contributed by atoms with Crippen molar-refractivity contribution in [1.29, 1.82) is 0 Å². The molecule has 3 aromatic heterocycles. The number of allylic oxidation sites excluding steroid dienone is 12. The van der Waals surface area contributed by atoms with Gasteiger partial charge in [-0.05, 0) is 96.8 Å². The summed E-state index contributed by atoms with van der Waals surface area (Å²) in [4.78, 5) is 15.9. The van der Waals surface area contributed by atoms with E-state index in [9.17, 15) is 0 Å². The van der Waals surface area contributed by atoms with E-state index >= 15 is 0 Å². The van der Waals surface area contributed by atoms with Gasteiger partial charge >= 0.3 is 0 Å². The van der Waals surface area contributed by atoms with E-state index in [-0.39, 0.29) is 5.92 Å². The van der Waals surface area contributed by atoms with E-state index in [0.29, 0.717) is 23.9 Å². The Morgan fingerprint density at radius 3 is 2.29 bits per heavy atom. The van der Waals surface area contributed by atoms with Crippen LogP contribution in [0.15, 0.2) is 184 Å². The third-order valence-corrected chi connectivity index (χ3v) is 11.3. The molecule has 2 aliphatic carbocycles. The van der Waals surface area contributed by atoms with Crippen molar-refractivity contribution in [3.05, 3.63) is 192 Å². The summed E-state index contributed by atoms with van der Waals surface area (Å²) in [6, 6.07) is 33.4. The van der Waals surface area contributed by atoms with E-state index in [1.54, 1.807) is 0 Å². The topological polar surface area (TPSA) is 65.0 Å². The molecule has 5 aromatic carbocycles. The van der Waals surface area contributed by atoms with Crippen LogP contribution in [0.2, 0.25) is 0 Å². The number of hydrogen-bond donors (Lipinski definition) is 0. The van der Waals surface area contributed by atoms with Gasteiger partial charge in [-0.25, -0.2) is 15.0 Å². The lowest BCUT2D eigenvalue weighted by Gasteiger charge is -2.19. The highest BCUT2D eigenvalue weighted by atomic mass is 16.3. The number of rotatable bonds is 9. The molecule has 1 atom stereocenters. The summed E-state index contributed by atoms with van der Waals surface area (Å²) in [5.74, 6) is 2.08. The number of para-hydroxylation sites is 2. The van der Waals surface area contributed by atoms with Crippen LogP contribution in [0.4, 0.5) is 0 Å². The molecule has 0 bridgehead atoms. The zero-order valence-corrected chi connectivity index (χ0v) is 32.4. The van der Waals surface area contributed by atoms with Crippen LogP contribution < -0.4 is 0 Å². The van der Waals surface area contributed by atoms with Crippen LogP contribution in [-0.2, 0) is 12.8 Å².